The van der Waals surface area contributed by atoms with Crippen LogP contribution in [0.3, 0.4) is 0 Å². The van der Waals surface area contributed by atoms with Gasteiger partial charge in [-0.05, 0) is 18.2 Å². The first kappa shape index (κ1) is 15.7. The maximum Gasteiger partial charge on any atom is 0.271 e. The van der Waals surface area contributed by atoms with Crippen LogP contribution < -0.4 is 9.46 Å². The summed E-state index contributed by atoms with van der Waals surface area (Å²) in [5.41, 5.74) is 0.605. The molecule has 1 heterocycles. The highest BCUT2D eigenvalue weighted by Gasteiger charge is 2.24. The SMILES string of the molecule is COc1ccc([N+](=O)[O-])cc1S(=O)(=O)Nc1cccc2[nH]ncc12. The number of methoxy groups -OCH3 is 1. The van der Waals surface area contributed by atoms with Crippen molar-refractivity contribution in [2.24, 2.45) is 0 Å². The van der Waals surface area contributed by atoms with Crippen LogP contribution in [-0.4, -0.2) is 30.6 Å². The molecule has 124 valence electrons. The number of hydrogen-bond acceptors (Lipinski definition) is 6. The normalized spacial score (nSPS) is 11.4. The van der Waals surface area contributed by atoms with Gasteiger partial charge in [0, 0.05) is 17.5 Å². The van der Waals surface area contributed by atoms with Crippen LogP contribution in [-0.2, 0) is 10.0 Å². The number of benzene rings is 2. The summed E-state index contributed by atoms with van der Waals surface area (Å²) in [6, 6.07) is 8.34. The molecular weight excluding hydrogens is 336 g/mol. The standard InChI is InChI=1S/C14H12N4O5S/c1-23-13-6-5-9(18(19)20)7-14(13)24(21,22)17-12-4-2-3-11-10(12)8-15-16-11/h2-8,17H,1H3,(H,15,16). The summed E-state index contributed by atoms with van der Waals surface area (Å²) in [5.74, 6) is 0.00692. The topological polar surface area (TPSA) is 127 Å². The van der Waals surface area contributed by atoms with Gasteiger partial charge in [-0.2, -0.15) is 5.10 Å². The lowest BCUT2D eigenvalue weighted by atomic mass is 10.2. The lowest BCUT2D eigenvalue weighted by Crippen LogP contribution is -2.14. The van der Waals surface area contributed by atoms with Gasteiger partial charge in [0.05, 0.1) is 29.4 Å². The Kier molecular flexibility index (Phi) is 3.81. The maximum atomic E-state index is 12.7. The van der Waals surface area contributed by atoms with Crippen molar-refractivity contribution in [1.82, 2.24) is 10.2 Å². The molecule has 3 rings (SSSR count). The van der Waals surface area contributed by atoms with Crippen molar-refractivity contribution in [2.45, 2.75) is 4.90 Å². The number of nitro benzene ring substituents is 1. The average molecular weight is 348 g/mol. The highest BCUT2D eigenvalue weighted by molar-refractivity contribution is 7.92. The van der Waals surface area contributed by atoms with Crippen LogP contribution in [0.1, 0.15) is 0 Å². The minimum absolute atomic E-state index is 0.00692. The fourth-order valence-corrected chi connectivity index (χ4v) is 3.52. The Bertz CT molecular complexity index is 1030. The van der Waals surface area contributed by atoms with E-state index in [4.69, 9.17) is 4.74 Å². The summed E-state index contributed by atoms with van der Waals surface area (Å²) in [6.07, 6.45) is 1.48. The minimum Gasteiger partial charge on any atom is -0.495 e. The van der Waals surface area contributed by atoms with Crippen LogP contribution in [0.4, 0.5) is 11.4 Å². The number of aromatic nitrogens is 2. The second kappa shape index (κ2) is 5.81. The summed E-state index contributed by atoms with van der Waals surface area (Å²) < 4.78 is 32.8. The molecule has 0 fully saturated rings. The predicted octanol–water partition coefficient (Wildman–Crippen LogP) is 2.28. The van der Waals surface area contributed by atoms with Crippen molar-refractivity contribution in [3.8, 4) is 5.75 Å². The number of rotatable bonds is 5. The number of nitrogens with one attached hydrogen (secondary N) is 2. The van der Waals surface area contributed by atoms with E-state index in [1.807, 2.05) is 0 Å². The van der Waals surface area contributed by atoms with Gasteiger partial charge in [0.2, 0.25) is 0 Å². The van der Waals surface area contributed by atoms with E-state index in [1.54, 1.807) is 18.2 Å². The number of hydrogen-bond donors (Lipinski definition) is 2. The van der Waals surface area contributed by atoms with Gasteiger partial charge in [-0.25, -0.2) is 8.42 Å². The van der Waals surface area contributed by atoms with Crippen molar-refractivity contribution in [2.75, 3.05) is 11.8 Å². The van der Waals surface area contributed by atoms with E-state index in [-0.39, 0.29) is 16.3 Å². The first-order valence-corrected chi connectivity index (χ1v) is 8.18. The molecule has 0 aliphatic heterocycles. The molecule has 0 radical (unpaired) electrons. The second-order valence-corrected chi connectivity index (χ2v) is 6.49. The minimum atomic E-state index is -4.10. The Hall–Kier alpha value is -3.14. The van der Waals surface area contributed by atoms with Gasteiger partial charge in [0.1, 0.15) is 10.6 Å². The molecule has 0 bridgehead atoms. The van der Waals surface area contributed by atoms with E-state index in [9.17, 15) is 18.5 Å². The van der Waals surface area contributed by atoms with Crippen molar-refractivity contribution in [1.29, 1.82) is 0 Å². The third-order valence-electron chi connectivity index (χ3n) is 3.38. The molecule has 0 aliphatic rings. The van der Waals surface area contributed by atoms with Crippen LogP contribution in [0.2, 0.25) is 0 Å². The highest BCUT2D eigenvalue weighted by Crippen LogP contribution is 2.31. The monoisotopic (exact) mass is 348 g/mol. The van der Waals surface area contributed by atoms with E-state index in [0.29, 0.717) is 16.6 Å². The Morgan fingerprint density at radius 1 is 1.29 bits per heavy atom. The predicted molar refractivity (Wildman–Crippen MR) is 86.6 cm³/mol. The number of nitro groups is 1. The summed E-state index contributed by atoms with van der Waals surface area (Å²) in [6.45, 7) is 0. The molecule has 24 heavy (non-hydrogen) atoms. The van der Waals surface area contributed by atoms with Gasteiger partial charge in [-0.15, -0.1) is 0 Å². The number of sulfonamides is 1. The second-order valence-electron chi connectivity index (χ2n) is 4.83. The van der Waals surface area contributed by atoms with Crippen molar-refractivity contribution in [3.05, 3.63) is 52.7 Å². The Morgan fingerprint density at radius 2 is 2.08 bits per heavy atom. The summed E-state index contributed by atoms with van der Waals surface area (Å²) >= 11 is 0. The lowest BCUT2D eigenvalue weighted by Gasteiger charge is -2.12. The van der Waals surface area contributed by atoms with Gasteiger partial charge in [-0.3, -0.25) is 19.9 Å². The molecule has 0 saturated carbocycles. The molecule has 10 heteroatoms. The summed E-state index contributed by atoms with van der Waals surface area (Å²) in [5, 5.41) is 18.1. The summed E-state index contributed by atoms with van der Waals surface area (Å²) in [4.78, 5) is 9.92. The third kappa shape index (κ3) is 2.74. The van der Waals surface area contributed by atoms with E-state index in [1.165, 1.54) is 25.4 Å². The number of fused-ring (bicyclic) bond motifs is 1. The number of nitrogens with zero attached hydrogens (tertiary/aromatic N) is 2. The molecular formula is C14H12N4O5S. The third-order valence-corrected chi connectivity index (χ3v) is 4.76. The number of non-ortho nitro benzene ring substituents is 1. The molecule has 1 aromatic heterocycles. The molecule has 2 aromatic carbocycles. The zero-order valence-corrected chi connectivity index (χ0v) is 13.2. The molecule has 9 nitrogen and oxygen atoms in total. The van der Waals surface area contributed by atoms with Gasteiger partial charge in [0.15, 0.2) is 0 Å². The van der Waals surface area contributed by atoms with Gasteiger partial charge >= 0.3 is 0 Å². The molecule has 2 N–H and O–H groups in total. The van der Waals surface area contributed by atoms with E-state index in [2.05, 4.69) is 14.9 Å². The molecule has 0 saturated heterocycles. The molecule has 0 spiro atoms. The largest absolute Gasteiger partial charge is 0.495 e. The first-order valence-electron chi connectivity index (χ1n) is 6.70. The van der Waals surface area contributed by atoms with Gasteiger partial charge in [-0.1, -0.05) is 6.07 Å². The fourth-order valence-electron chi connectivity index (χ4n) is 2.25. The zero-order chi connectivity index (χ0) is 17.3. The van der Waals surface area contributed by atoms with Crippen LogP contribution in [0.25, 0.3) is 10.9 Å². The number of H-pyrrole nitrogens is 1. The lowest BCUT2D eigenvalue weighted by molar-refractivity contribution is -0.385. The van der Waals surface area contributed by atoms with Crippen LogP contribution in [0.5, 0.6) is 5.75 Å². The Balaban J connectivity index is 2.09. The molecule has 0 amide bonds. The summed E-state index contributed by atoms with van der Waals surface area (Å²) in [7, 11) is -2.81. The van der Waals surface area contributed by atoms with E-state index in [0.717, 1.165) is 6.07 Å². The fraction of sp³-hybridized carbons (Fsp3) is 0.0714. The molecule has 0 aliphatic carbocycles. The van der Waals surface area contributed by atoms with Crippen molar-refractivity contribution >= 4 is 32.3 Å². The zero-order valence-electron chi connectivity index (χ0n) is 12.4. The smallest absolute Gasteiger partial charge is 0.271 e. The van der Waals surface area contributed by atoms with Gasteiger partial charge in [0.25, 0.3) is 15.7 Å². The Labute approximate surface area is 136 Å². The first-order chi connectivity index (χ1) is 11.4. The Morgan fingerprint density at radius 3 is 2.79 bits per heavy atom. The highest BCUT2D eigenvalue weighted by atomic mass is 32.2. The maximum absolute atomic E-state index is 12.7. The van der Waals surface area contributed by atoms with E-state index >= 15 is 0 Å². The van der Waals surface area contributed by atoms with Crippen LogP contribution in [0.15, 0.2) is 47.5 Å². The van der Waals surface area contributed by atoms with E-state index < -0.39 is 14.9 Å². The van der Waals surface area contributed by atoms with Crippen molar-refractivity contribution < 1.29 is 18.1 Å². The molecule has 0 unspecified atom stereocenters. The average Bonchev–Trinajstić information content (AvgIpc) is 3.03. The molecule has 0 atom stereocenters. The van der Waals surface area contributed by atoms with Crippen LogP contribution in [0, 0.1) is 10.1 Å². The number of ether oxygens (including phenoxy) is 1. The van der Waals surface area contributed by atoms with Crippen molar-refractivity contribution in [3.63, 3.8) is 0 Å². The molecule has 3 aromatic rings. The number of aromatic amines is 1. The van der Waals surface area contributed by atoms with Crippen LogP contribution >= 0.6 is 0 Å². The van der Waals surface area contributed by atoms with Gasteiger partial charge < -0.3 is 4.74 Å². The number of anilines is 1. The quantitative estimate of drug-likeness (QED) is 0.538.